The Bertz CT molecular complexity index is 352. The number of nitrogens with one attached hydrogen (secondary N) is 1. The number of hydrogen-bond acceptors (Lipinski definition) is 2. The molecule has 0 amide bonds. The Morgan fingerprint density at radius 2 is 2.27 bits per heavy atom. The lowest BCUT2D eigenvalue weighted by Crippen LogP contribution is -2.12. The van der Waals surface area contributed by atoms with Crippen LogP contribution in [0.1, 0.15) is 25.3 Å². The first-order valence-corrected chi connectivity index (χ1v) is 6.28. The number of unbranched alkanes of at least 4 members (excludes halogenated alkanes) is 1. The van der Waals surface area contributed by atoms with E-state index < -0.39 is 0 Å². The van der Waals surface area contributed by atoms with Crippen LogP contribution in [0.3, 0.4) is 0 Å². The molecule has 1 rings (SSSR count). The number of hydrogen-bond donors (Lipinski definition) is 2. The topological polar surface area (TPSA) is 49.9 Å². The van der Waals surface area contributed by atoms with Gasteiger partial charge in [0.1, 0.15) is 5.84 Å². The molecule has 0 atom stereocenters. The molecule has 2 nitrogen and oxygen atoms in total. The molecule has 4 heteroatoms. The van der Waals surface area contributed by atoms with Crippen LogP contribution < -0.4 is 5.73 Å². The highest BCUT2D eigenvalue weighted by Gasteiger charge is 2.06. The molecule has 15 heavy (non-hydrogen) atoms. The van der Waals surface area contributed by atoms with Gasteiger partial charge in [-0.15, -0.1) is 11.8 Å². The first kappa shape index (κ1) is 12.4. The average Bonchev–Trinajstić information content (AvgIpc) is 2.18. The number of rotatable bonds is 5. The number of nitrogens with two attached hydrogens (primary N) is 1. The van der Waals surface area contributed by atoms with E-state index in [1.807, 2.05) is 6.07 Å². The summed E-state index contributed by atoms with van der Waals surface area (Å²) in [6, 6.07) is 5.44. The van der Waals surface area contributed by atoms with Gasteiger partial charge < -0.3 is 5.73 Å². The van der Waals surface area contributed by atoms with Crippen LogP contribution in [0, 0.1) is 5.41 Å². The maximum absolute atomic E-state index is 7.45. The second-order valence-corrected chi connectivity index (χ2v) is 4.83. The summed E-state index contributed by atoms with van der Waals surface area (Å²) in [6.07, 6.45) is 2.33. The highest BCUT2D eigenvalue weighted by molar-refractivity contribution is 7.99. The quantitative estimate of drug-likeness (QED) is 0.359. The summed E-state index contributed by atoms with van der Waals surface area (Å²) >= 11 is 7.62. The van der Waals surface area contributed by atoms with Gasteiger partial charge in [0.15, 0.2) is 0 Å². The summed E-state index contributed by atoms with van der Waals surface area (Å²) in [5.41, 5.74) is 6.27. The predicted octanol–water partition coefficient (Wildman–Crippen LogP) is 3.52. The molecule has 0 bridgehead atoms. The van der Waals surface area contributed by atoms with E-state index in [9.17, 15) is 0 Å². The van der Waals surface area contributed by atoms with Crippen molar-refractivity contribution in [2.75, 3.05) is 5.75 Å². The van der Waals surface area contributed by atoms with E-state index in [1.54, 1.807) is 23.9 Å². The Morgan fingerprint density at radius 3 is 2.87 bits per heavy atom. The van der Waals surface area contributed by atoms with Crippen LogP contribution in [0.4, 0.5) is 0 Å². The van der Waals surface area contributed by atoms with Crippen molar-refractivity contribution in [3.8, 4) is 0 Å². The van der Waals surface area contributed by atoms with Gasteiger partial charge in [0.25, 0.3) is 0 Å². The molecule has 0 aliphatic heterocycles. The molecule has 3 N–H and O–H groups in total. The monoisotopic (exact) mass is 242 g/mol. The summed E-state index contributed by atoms with van der Waals surface area (Å²) < 4.78 is 0. The van der Waals surface area contributed by atoms with E-state index in [2.05, 4.69) is 6.92 Å². The SMILES string of the molecule is CCCCSc1cc(Cl)ccc1C(=N)N. The largest absolute Gasteiger partial charge is 0.384 e. The lowest BCUT2D eigenvalue weighted by atomic mass is 10.2. The molecule has 0 saturated heterocycles. The maximum atomic E-state index is 7.45. The number of amidine groups is 1. The van der Waals surface area contributed by atoms with Crippen molar-refractivity contribution in [1.29, 1.82) is 5.41 Å². The van der Waals surface area contributed by atoms with Gasteiger partial charge in [-0.25, -0.2) is 0 Å². The zero-order valence-corrected chi connectivity index (χ0v) is 10.3. The summed E-state index contributed by atoms with van der Waals surface area (Å²) in [4.78, 5) is 1.00. The fourth-order valence-corrected chi connectivity index (χ4v) is 2.60. The minimum Gasteiger partial charge on any atom is -0.384 e. The van der Waals surface area contributed by atoms with Crippen molar-refractivity contribution in [2.45, 2.75) is 24.7 Å². The summed E-state index contributed by atoms with van der Waals surface area (Å²) in [6.45, 7) is 2.16. The Hall–Kier alpha value is -0.670. The fourth-order valence-electron chi connectivity index (χ4n) is 1.16. The molecule has 0 aliphatic carbocycles. The van der Waals surface area contributed by atoms with Gasteiger partial charge >= 0.3 is 0 Å². The molecular formula is C11H15ClN2S. The Kier molecular flexibility index (Phi) is 4.99. The second kappa shape index (κ2) is 6.03. The minimum absolute atomic E-state index is 0.102. The molecule has 0 radical (unpaired) electrons. The molecule has 0 saturated carbocycles. The third kappa shape index (κ3) is 3.76. The lowest BCUT2D eigenvalue weighted by molar-refractivity contribution is 0.896. The van der Waals surface area contributed by atoms with E-state index in [-0.39, 0.29) is 5.84 Å². The van der Waals surface area contributed by atoms with Crippen LogP contribution in [0.15, 0.2) is 23.1 Å². The van der Waals surface area contributed by atoms with E-state index in [0.29, 0.717) is 5.02 Å². The average molecular weight is 243 g/mol. The lowest BCUT2D eigenvalue weighted by Gasteiger charge is -2.07. The first-order valence-electron chi connectivity index (χ1n) is 4.92. The minimum atomic E-state index is 0.102. The van der Waals surface area contributed by atoms with Crippen LogP contribution in [-0.2, 0) is 0 Å². The zero-order chi connectivity index (χ0) is 11.3. The van der Waals surface area contributed by atoms with Crippen molar-refractivity contribution in [1.82, 2.24) is 0 Å². The Morgan fingerprint density at radius 1 is 1.53 bits per heavy atom. The number of thioether (sulfide) groups is 1. The van der Waals surface area contributed by atoms with E-state index in [4.69, 9.17) is 22.7 Å². The van der Waals surface area contributed by atoms with Crippen molar-refractivity contribution in [2.24, 2.45) is 5.73 Å². The van der Waals surface area contributed by atoms with Gasteiger partial charge in [-0.1, -0.05) is 24.9 Å². The third-order valence-electron chi connectivity index (χ3n) is 1.99. The summed E-state index contributed by atoms with van der Waals surface area (Å²) in [5.74, 6) is 1.14. The van der Waals surface area contributed by atoms with E-state index in [0.717, 1.165) is 22.6 Å². The van der Waals surface area contributed by atoms with Crippen LogP contribution >= 0.6 is 23.4 Å². The zero-order valence-electron chi connectivity index (χ0n) is 8.72. The molecule has 0 aliphatic rings. The Labute approximate surface area is 99.7 Å². The molecule has 1 aromatic carbocycles. The van der Waals surface area contributed by atoms with Gasteiger partial charge in [0, 0.05) is 15.5 Å². The van der Waals surface area contributed by atoms with E-state index >= 15 is 0 Å². The van der Waals surface area contributed by atoms with Crippen molar-refractivity contribution in [3.05, 3.63) is 28.8 Å². The van der Waals surface area contributed by atoms with Gasteiger partial charge in [-0.3, -0.25) is 5.41 Å². The fraction of sp³-hybridized carbons (Fsp3) is 0.364. The molecule has 82 valence electrons. The van der Waals surface area contributed by atoms with Crippen LogP contribution in [0.25, 0.3) is 0 Å². The molecule has 0 aromatic heterocycles. The van der Waals surface area contributed by atoms with Crippen LogP contribution in [0.2, 0.25) is 5.02 Å². The normalized spacial score (nSPS) is 10.3. The molecule has 0 heterocycles. The molecular weight excluding hydrogens is 228 g/mol. The third-order valence-corrected chi connectivity index (χ3v) is 3.37. The standard InChI is InChI=1S/C11H15ClN2S/c1-2-3-6-15-10-7-8(12)4-5-9(10)11(13)14/h4-5,7H,2-3,6H2,1H3,(H3,13,14). The first-order chi connectivity index (χ1) is 7.15. The van der Waals surface area contributed by atoms with Gasteiger partial charge in [-0.2, -0.15) is 0 Å². The number of benzene rings is 1. The smallest absolute Gasteiger partial charge is 0.123 e. The van der Waals surface area contributed by atoms with Crippen molar-refractivity contribution >= 4 is 29.2 Å². The molecule has 0 unspecified atom stereocenters. The molecule has 0 fully saturated rings. The van der Waals surface area contributed by atoms with Gasteiger partial charge in [0.05, 0.1) is 0 Å². The van der Waals surface area contributed by atoms with Crippen molar-refractivity contribution < 1.29 is 0 Å². The number of halogens is 1. The molecule has 0 spiro atoms. The van der Waals surface area contributed by atoms with Gasteiger partial charge in [-0.05, 0) is 30.4 Å². The Balaban J connectivity index is 2.82. The summed E-state index contributed by atoms with van der Waals surface area (Å²) in [5, 5.41) is 8.14. The summed E-state index contributed by atoms with van der Waals surface area (Å²) in [7, 11) is 0. The second-order valence-electron chi connectivity index (χ2n) is 3.26. The predicted molar refractivity (Wildman–Crippen MR) is 68.1 cm³/mol. The van der Waals surface area contributed by atoms with E-state index in [1.165, 1.54) is 6.42 Å². The van der Waals surface area contributed by atoms with Gasteiger partial charge in [0.2, 0.25) is 0 Å². The van der Waals surface area contributed by atoms with Crippen LogP contribution in [-0.4, -0.2) is 11.6 Å². The van der Waals surface area contributed by atoms with Crippen LogP contribution in [0.5, 0.6) is 0 Å². The highest BCUT2D eigenvalue weighted by atomic mass is 35.5. The number of nitrogen functional groups attached to an aromatic ring is 1. The molecule has 1 aromatic rings. The maximum Gasteiger partial charge on any atom is 0.123 e. The highest BCUT2D eigenvalue weighted by Crippen LogP contribution is 2.26. The van der Waals surface area contributed by atoms with Crippen molar-refractivity contribution in [3.63, 3.8) is 0 Å².